The Morgan fingerprint density at radius 2 is 2.10 bits per heavy atom. The van der Waals surface area contributed by atoms with Crippen molar-refractivity contribution in [3.8, 4) is 10.6 Å². The highest BCUT2D eigenvalue weighted by Crippen LogP contribution is 2.27. The lowest BCUT2D eigenvalue weighted by atomic mass is 10.2. The van der Waals surface area contributed by atoms with E-state index in [0.717, 1.165) is 14.9 Å². The Morgan fingerprint density at radius 1 is 1.29 bits per heavy atom. The van der Waals surface area contributed by atoms with Gasteiger partial charge in [0.05, 0.1) is 11.4 Å². The van der Waals surface area contributed by atoms with Crippen molar-refractivity contribution in [2.24, 2.45) is 0 Å². The van der Waals surface area contributed by atoms with Crippen LogP contribution in [0, 0.1) is 0 Å². The van der Waals surface area contributed by atoms with E-state index in [-0.39, 0.29) is 5.56 Å². The highest BCUT2D eigenvalue weighted by Gasteiger charge is 2.18. The molecule has 3 aromatic rings. The number of thiophene rings is 1. The Balaban J connectivity index is 2.00. The van der Waals surface area contributed by atoms with Gasteiger partial charge in [-0.05, 0) is 23.1 Å². The van der Waals surface area contributed by atoms with Crippen molar-refractivity contribution in [2.75, 3.05) is 0 Å². The molecule has 0 saturated heterocycles. The number of hydrogen-bond acceptors (Lipinski definition) is 3. The maximum atomic E-state index is 11.4. The molecule has 0 atom stereocenters. The molecule has 3 rings (SSSR count). The van der Waals surface area contributed by atoms with E-state index in [0.29, 0.717) is 12.2 Å². The summed E-state index contributed by atoms with van der Waals surface area (Å²) >= 11 is 4.97. The van der Waals surface area contributed by atoms with Gasteiger partial charge in [-0.15, -0.1) is 11.3 Å². The van der Waals surface area contributed by atoms with Gasteiger partial charge in [0.25, 0.3) is 0 Å². The van der Waals surface area contributed by atoms with E-state index in [2.05, 4.69) is 21.0 Å². The normalized spacial score (nSPS) is 10.7. The van der Waals surface area contributed by atoms with Crippen molar-refractivity contribution in [1.82, 2.24) is 9.78 Å². The molecule has 1 N–H and O–H groups in total. The first kappa shape index (κ1) is 14.0. The van der Waals surface area contributed by atoms with Crippen LogP contribution in [0.25, 0.3) is 10.6 Å². The lowest BCUT2D eigenvalue weighted by Crippen LogP contribution is -2.01. The third kappa shape index (κ3) is 2.91. The van der Waals surface area contributed by atoms with Crippen LogP contribution in [0.15, 0.2) is 52.4 Å². The lowest BCUT2D eigenvalue weighted by Gasteiger charge is -2.04. The van der Waals surface area contributed by atoms with Gasteiger partial charge in [-0.2, -0.15) is 5.10 Å². The van der Waals surface area contributed by atoms with Gasteiger partial charge in [0.15, 0.2) is 0 Å². The number of carbonyl (C=O) groups is 1. The first-order valence-corrected chi connectivity index (χ1v) is 7.90. The minimum atomic E-state index is -0.961. The van der Waals surface area contributed by atoms with Crippen LogP contribution in [0.5, 0.6) is 0 Å². The molecule has 106 valence electrons. The molecule has 0 spiro atoms. The Morgan fingerprint density at radius 3 is 2.76 bits per heavy atom. The van der Waals surface area contributed by atoms with Crippen molar-refractivity contribution < 1.29 is 9.90 Å². The number of hydrogen-bond donors (Lipinski definition) is 1. The number of carboxylic acid groups (broad SMARTS) is 1. The van der Waals surface area contributed by atoms with Gasteiger partial charge in [-0.25, -0.2) is 4.79 Å². The minimum Gasteiger partial charge on any atom is -0.478 e. The van der Waals surface area contributed by atoms with Crippen LogP contribution in [0.3, 0.4) is 0 Å². The summed E-state index contributed by atoms with van der Waals surface area (Å²) in [5, 5.41) is 15.7. The van der Waals surface area contributed by atoms with Gasteiger partial charge in [0, 0.05) is 10.7 Å². The minimum absolute atomic E-state index is 0.226. The zero-order chi connectivity index (χ0) is 14.8. The number of halogens is 1. The topological polar surface area (TPSA) is 55.1 Å². The summed E-state index contributed by atoms with van der Waals surface area (Å²) in [7, 11) is 0. The maximum Gasteiger partial charge on any atom is 0.339 e. The number of aromatic carboxylic acids is 1. The number of benzene rings is 1. The SMILES string of the molecule is O=C(O)c1cn(Cc2ccccc2Br)nc1-c1cccs1. The second-order valence-electron chi connectivity index (χ2n) is 4.46. The van der Waals surface area contributed by atoms with Gasteiger partial charge in [-0.1, -0.05) is 40.2 Å². The standard InChI is InChI=1S/C15H11BrN2O2S/c16-12-5-2-1-4-10(12)8-18-9-11(15(19)20)14(17-18)13-6-3-7-21-13/h1-7,9H,8H2,(H,19,20). The van der Waals surface area contributed by atoms with Crippen molar-refractivity contribution in [2.45, 2.75) is 6.54 Å². The molecule has 1 aromatic carbocycles. The Kier molecular flexibility index (Phi) is 3.90. The number of carboxylic acids is 1. The van der Waals surface area contributed by atoms with Gasteiger partial charge in [0.2, 0.25) is 0 Å². The average molecular weight is 363 g/mol. The van der Waals surface area contributed by atoms with Crippen molar-refractivity contribution in [1.29, 1.82) is 0 Å². The predicted octanol–water partition coefficient (Wildman–Crippen LogP) is 4.12. The van der Waals surface area contributed by atoms with E-state index in [1.807, 2.05) is 41.8 Å². The summed E-state index contributed by atoms with van der Waals surface area (Å²) in [6, 6.07) is 11.6. The summed E-state index contributed by atoms with van der Waals surface area (Å²) in [5.41, 5.74) is 1.80. The molecule has 0 fully saturated rings. The van der Waals surface area contributed by atoms with Crippen LogP contribution in [0.4, 0.5) is 0 Å². The fraction of sp³-hybridized carbons (Fsp3) is 0.0667. The van der Waals surface area contributed by atoms with E-state index in [1.165, 1.54) is 11.3 Å². The highest BCUT2D eigenvalue weighted by molar-refractivity contribution is 9.10. The second kappa shape index (κ2) is 5.83. The molecule has 0 unspecified atom stereocenters. The van der Waals surface area contributed by atoms with Crippen molar-refractivity contribution in [3.63, 3.8) is 0 Å². The number of nitrogens with zero attached hydrogens (tertiary/aromatic N) is 2. The van der Waals surface area contributed by atoms with Crippen molar-refractivity contribution >= 4 is 33.2 Å². The number of aromatic nitrogens is 2. The van der Waals surface area contributed by atoms with E-state index in [4.69, 9.17) is 0 Å². The monoisotopic (exact) mass is 362 g/mol. The molecule has 0 saturated carbocycles. The molecule has 0 bridgehead atoms. The molecule has 0 aliphatic carbocycles. The van der Waals surface area contributed by atoms with Crippen LogP contribution < -0.4 is 0 Å². The number of rotatable bonds is 4. The van der Waals surface area contributed by atoms with Crippen LogP contribution >= 0.6 is 27.3 Å². The Labute approximate surface area is 133 Å². The molecule has 2 aromatic heterocycles. The van der Waals surface area contributed by atoms with Crippen molar-refractivity contribution in [3.05, 3.63) is 63.6 Å². The smallest absolute Gasteiger partial charge is 0.339 e. The van der Waals surface area contributed by atoms with E-state index in [1.54, 1.807) is 10.9 Å². The second-order valence-corrected chi connectivity index (χ2v) is 6.26. The van der Waals surface area contributed by atoms with Gasteiger partial charge >= 0.3 is 5.97 Å². The Hall–Kier alpha value is -1.92. The molecule has 0 amide bonds. The van der Waals surface area contributed by atoms with E-state index < -0.39 is 5.97 Å². The first-order valence-electron chi connectivity index (χ1n) is 6.23. The Bertz CT molecular complexity index is 781. The first-order chi connectivity index (χ1) is 10.1. The fourth-order valence-electron chi connectivity index (χ4n) is 2.06. The fourth-order valence-corrected chi connectivity index (χ4v) is 3.19. The summed E-state index contributed by atoms with van der Waals surface area (Å²) in [5.74, 6) is -0.961. The van der Waals surface area contributed by atoms with Gasteiger partial charge in [0.1, 0.15) is 11.3 Å². The largest absolute Gasteiger partial charge is 0.478 e. The predicted molar refractivity (Wildman–Crippen MR) is 85.7 cm³/mol. The third-order valence-electron chi connectivity index (χ3n) is 3.04. The van der Waals surface area contributed by atoms with E-state index >= 15 is 0 Å². The molecule has 4 nitrogen and oxygen atoms in total. The summed E-state index contributed by atoms with van der Waals surface area (Å²) in [4.78, 5) is 12.3. The van der Waals surface area contributed by atoms with Gasteiger partial charge < -0.3 is 5.11 Å². The van der Waals surface area contributed by atoms with E-state index in [9.17, 15) is 9.90 Å². The zero-order valence-corrected chi connectivity index (χ0v) is 13.3. The van der Waals surface area contributed by atoms with Crippen LogP contribution in [0.2, 0.25) is 0 Å². The quantitative estimate of drug-likeness (QED) is 0.759. The third-order valence-corrected chi connectivity index (χ3v) is 4.69. The summed E-state index contributed by atoms with van der Waals surface area (Å²) in [6.45, 7) is 0.521. The average Bonchev–Trinajstić information content (AvgIpc) is 3.10. The molecule has 6 heteroatoms. The molecule has 21 heavy (non-hydrogen) atoms. The molecular weight excluding hydrogens is 352 g/mol. The molecule has 0 aliphatic heterocycles. The molecular formula is C15H11BrN2O2S. The molecule has 2 heterocycles. The summed E-state index contributed by atoms with van der Waals surface area (Å²) in [6.07, 6.45) is 1.58. The zero-order valence-electron chi connectivity index (χ0n) is 10.9. The molecule has 0 radical (unpaired) electrons. The van der Waals surface area contributed by atoms with Crippen LogP contribution in [-0.4, -0.2) is 20.9 Å². The highest BCUT2D eigenvalue weighted by atomic mass is 79.9. The lowest BCUT2D eigenvalue weighted by molar-refractivity contribution is 0.0697. The maximum absolute atomic E-state index is 11.4. The van der Waals surface area contributed by atoms with Gasteiger partial charge in [-0.3, -0.25) is 4.68 Å². The van der Waals surface area contributed by atoms with Crippen LogP contribution in [0.1, 0.15) is 15.9 Å². The summed E-state index contributed by atoms with van der Waals surface area (Å²) < 4.78 is 2.65. The van der Waals surface area contributed by atoms with Crippen LogP contribution in [-0.2, 0) is 6.54 Å². The molecule has 0 aliphatic rings.